The number of carbonyl (C=O) groups excluding carboxylic acids is 3. The molecule has 2 aliphatic rings. The molecule has 11 nitrogen and oxygen atoms in total. The highest BCUT2D eigenvalue weighted by Gasteiger charge is 2.64. The minimum atomic E-state index is -0.917. The summed E-state index contributed by atoms with van der Waals surface area (Å²) in [6.07, 6.45) is 10.5. The molecule has 3 amide bonds. The highest BCUT2D eigenvalue weighted by Crippen LogP contribution is 2.59. The van der Waals surface area contributed by atoms with Crippen LogP contribution in [0.2, 0.25) is 0 Å². The van der Waals surface area contributed by atoms with Gasteiger partial charge in [0.05, 0.1) is 11.1 Å². The normalized spacial score (nSPS) is 20.4. The topological polar surface area (TPSA) is 135 Å². The first-order chi connectivity index (χ1) is 21.3. The maximum atomic E-state index is 14.0. The molecule has 0 unspecified atom stereocenters. The summed E-state index contributed by atoms with van der Waals surface area (Å²) < 4.78 is 2.13. The van der Waals surface area contributed by atoms with E-state index in [0.717, 1.165) is 23.1 Å². The zero-order valence-electron chi connectivity index (χ0n) is 25.7. The number of carbonyl (C=O) groups is 3. The number of nitrogens with one attached hydrogen (secondary N) is 2. The highest BCUT2D eigenvalue weighted by molar-refractivity contribution is 9.10. The predicted octanol–water partition coefficient (Wildman–Crippen LogP) is 4.43. The van der Waals surface area contributed by atoms with Crippen LogP contribution in [0.5, 0.6) is 0 Å². The van der Waals surface area contributed by atoms with Crippen LogP contribution in [0, 0.1) is 31.6 Å². The number of fused-ring (bicyclic) bond motifs is 2. The number of nitrogens with zero attached hydrogens (tertiary/aromatic N) is 6. The number of terminal acetylenes is 1. The Morgan fingerprint density at radius 1 is 1.11 bits per heavy atom. The van der Waals surface area contributed by atoms with Crippen molar-refractivity contribution in [3.05, 3.63) is 64.4 Å². The van der Waals surface area contributed by atoms with Crippen LogP contribution in [-0.4, -0.2) is 65.0 Å². The molecule has 1 saturated heterocycles. The molecule has 0 bridgehead atoms. The summed E-state index contributed by atoms with van der Waals surface area (Å²) in [4.78, 5) is 55.7. The number of hydrogen-bond donors (Lipinski definition) is 2. The third kappa shape index (κ3) is 5.80. The molecule has 45 heavy (non-hydrogen) atoms. The summed E-state index contributed by atoms with van der Waals surface area (Å²) in [6.45, 7) is 9.06. The Labute approximate surface area is 269 Å². The van der Waals surface area contributed by atoms with Crippen molar-refractivity contribution in [2.45, 2.75) is 71.6 Å². The van der Waals surface area contributed by atoms with Crippen LogP contribution < -0.4 is 10.6 Å². The first kappa shape index (κ1) is 30.4. The molecule has 4 aromatic rings. The number of halogens is 1. The summed E-state index contributed by atoms with van der Waals surface area (Å²) in [5.41, 5.74) is 2.07. The van der Waals surface area contributed by atoms with E-state index < -0.39 is 17.5 Å². The van der Waals surface area contributed by atoms with E-state index in [-0.39, 0.29) is 35.5 Å². The van der Waals surface area contributed by atoms with E-state index in [1.807, 2.05) is 31.2 Å². The minimum absolute atomic E-state index is 0.0496. The average Bonchev–Trinajstić information content (AvgIpc) is 3.36. The smallest absolute Gasteiger partial charge is 0.273 e. The van der Waals surface area contributed by atoms with E-state index in [1.54, 1.807) is 44.1 Å². The van der Waals surface area contributed by atoms with E-state index in [0.29, 0.717) is 33.6 Å². The van der Waals surface area contributed by atoms with Crippen molar-refractivity contribution in [3.8, 4) is 23.5 Å². The second kappa shape index (κ2) is 11.1. The summed E-state index contributed by atoms with van der Waals surface area (Å²) >= 11 is 3.36. The summed E-state index contributed by atoms with van der Waals surface area (Å²) in [5, 5.41) is 10.9. The van der Waals surface area contributed by atoms with Gasteiger partial charge >= 0.3 is 0 Å². The van der Waals surface area contributed by atoms with Gasteiger partial charge in [0.25, 0.3) is 5.91 Å². The molecule has 3 aromatic heterocycles. The van der Waals surface area contributed by atoms with Gasteiger partial charge in [-0.05, 0) is 91.2 Å². The fraction of sp³-hybridized carbons (Fsp3) is 0.364. The van der Waals surface area contributed by atoms with Crippen molar-refractivity contribution < 1.29 is 14.4 Å². The van der Waals surface area contributed by atoms with Crippen LogP contribution in [0.3, 0.4) is 0 Å². The van der Waals surface area contributed by atoms with Gasteiger partial charge in [-0.1, -0.05) is 25.0 Å². The third-order valence-electron chi connectivity index (χ3n) is 8.68. The lowest BCUT2D eigenvalue weighted by atomic mass is 10.0. The van der Waals surface area contributed by atoms with Crippen molar-refractivity contribution in [1.29, 1.82) is 0 Å². The number of pyridine rings is 1. The summed E-state index contributed by atoms with van der Waals surface area (Å²) in [7, 11) is 0. The minimum Gasteiger partial charge on any atom is -0.335 e. The van der Waals surface area contributed by atoms with E-state index >= 15 is 0 Å². The number of anilines is 1. The first-order valence-corrected chi connectivity index (χ1v) is 15.4. The molecule has 12 heteroatoms. The zero-order chi connectivity index (χ0) is 32.3. The number of rotatable bonds is 7. The number of likely N-dealkylation sites (tertiary alicyclic amines) is 1. The van der Waals surface area contributed by atoms with Gasteiger partial charge in [0, 0.05) is 29.4 Å². The molecule has 1 aliphatic heterocycles. The summed E-state index contributed by atoms with van der Waals surface area (Å²) in [5.74, 6) is 2.67. The quantitative estimate of drug-likeness (QED) is 0.220. The van der Waals surface area contributed by atoms with E-state index in [9.17, 15) is 14.4 Å². The van der Waals surface area contributed by atoms with Crippen LogP contribution in [0.15, 0.2) is 47.3 Å². The van der Waals surface area contributed by atoms with Crippen LogP contribution >= 0.6 is 15.9 Å². The Hall–Kier alpha value is -4.63. The monoisotopic (exact) mass is 668 g/mol. The molecule has 230 valence electrons. The molecule has 1 saturated carbocycles. The Morgan fingerprint density at radius 3 is 2.56 bits per heavy atom. The lowest BCUT2D eigenvalue weighted by molar-refractivity contribution is -0.138. The maximum Gasteiger partial charge on any atom is 0.273 e. The molecule has 3 atom stereocenters. The molecule has 2 fully saturated rings. The predicted molar refractivity (Wildman–Crippen MR) is 173 cm³/mol. The zero-order valence-corrected chi connectivity index (χ0v) is 27.3. The number of piperidine rings is 1. The van der Waals surface area contributed by atoms with Crippen LogP contribution in [-0.2, 0) is 16.1 Å². The molecule has 6 rings (SSSR count). The second-order valence-electron chi connectivity index (χ2n) is 12.7. The molecular weight excluding hydrogens is 636 g/mol. The van der Waals surface area contributed by atoms with Crippen molar-refractivity contribution in [2.24, 2.45) is 5.41 Å². The van der Waals surface area contributed by atoms with E-state index in [1.165, 1.54) is 4.68 Å². The molecule has 0 spiro atoms. The van der Waals surface area contributed by atoms with Crippen LogP contribution in [0.1, 0.15) is 55.5 Å². The van der Waals surface area contributed by atoms with E-state index in [4.69, 9.17) is 6.42 Å². The van der Waals surface area contributed by atoms with Crippen molar-refractivity contribution in [1.82, 2.24) is 34.9 Å². The molecular formula is C33H33BrN8O3. The van der Waals surface area contributed by atoms with Crippen LogP contribution in [0.25, 0.3) is 22.0 Å². The Morgan fingerprint density at radius 2 is 1.84 bits per heavy atom. The third-order valence-corrected chi connectivity index (χ3v) is 9.12. The van der Waals surface area contributed by atoms with E-state index in [2.05, 4.69) is 59.5 Å². The van der Waals surface area contributed by atoms with Gasteiger partial charge in [0.15, 0.2) is 5.69 Å². The number of benzene rings is 1. The molecule has 4 heterocycles. The van der Waals surface area contributed by atoms with Gasteiger partial charge in [-0.3, -0.25) is 19.1 Å². The Balaban J connectivity index is 1.33. The van der Waals surface area contributed by atoms with Gasteiger partial charge in [-0.25, -0.2) is 15.0 Å². The lowest BCUT2D eigenvalue weighted by Gasteiger charge is -2.27. The van der Waals surface area contributed by atoms with Gasteiger partial charge in [0.2, 0.25) is 11.8 Å². The standard InChI is InChI=1S/C33H33BrN8O3/c1-7-32(4,5)39-31(45)28-22-12-20(21-15-35-19(3)36-16-21)9-10-23(22)41(40-28)17-27(43)42-24(13-33(6)14-25(33)42)30(44)38-29-18(2)8-11-26(34)37-29/h1,8-12,15-16,24-25H,13-14,17H2,2-6H3,(H,39,45)(H,37,38,44)/t24-,25+,33-/m0/s1. The number of aromatic nitrogens is 5. The molecule has 1 aliphatic carbocycles. The fourth-order valence-electron chi connectivity index (χ4n) is 5.97. The Bertz CT molecular complexity index is 1910. The van der Waals surface area contributed by atoms with Crippen LogP contribution in [0.4, 0.5) is 5.82 Å². The van der Waals surface area contributed by atoms with Gasteiger partial charge in [-0.2, -0.15) is 5.10 Å². The average molecular weight is 670 g/mol. The summed E-state index contributed by atoms with van der Waals surface area (Å²) in [6, 6.07) is 8.51. The first-order valence-electron chi connectivity index (χ1n) is 14.6. The van der Waals surface area contributed by atoms with Gasteiger partial charge in [0.1, 0.15) is 28.8 Å². The fourth-order valence-corrected chi connectivity index (χ4v) is 6.28. The van der Waals surface area contributed by atoms with Crippen molar-refractivity contribution in [3.63, 3.8) is 0 Å². The van der Waals surface area contributed by atoms with Gasteiger partial charge in [-0.15, -0.1) is 6.42 Å². The maximum absolute atomic E-state index is 14.0. The molecule has 1 aromatic carbocycles. The highest BCUT2D eigenvalue weighted by atomic mass is 79.9. The van der Waals surface area contributed by atoms with Gasteiger partial charge < -0.3 is 15.5 Å². The second-order valence-corrected chi connectivity index (χ2v) is 13.5. The largest absolute Gasteiger partial charge is 0.335 e. The Kier molecular flexibility index (Phi) is 7.48. The van der Waals surface area contributed by atoms with Crippen molar-refractivity contribution >= 4 is 50.4 Å². The molecule has 0 radical (unpaired) electrons. The van der Waals surface area contributed by atoms with Crippen molar-refractivity contribution in [2.75, 3.05) is 5.32 Å². The number of hydrogen-bond acceptors (Lipinski definition) is 7. The molecule has 2 N–H and O–H groups in total. The number of aryl methyl sites for hydroxylation is 2. The lowest BCUT2D eigenvalue weighted by Crippen LogP contribution is -2.47. The SMILES string of the molecule is C#CC(C)(C)NC(=O)c1nn(CC(=O)N2[C@H](C(=O)Nc3nc(Br)ccc3C)C[C@@]3(C)C[C@@H]23)c2ccc(-c3cnc(C)nc3)cc12. The number of amides is 3.